The Morgan fingerprint density at radius 1 is 0.808 bits per heavy atom. The number of hydrogen-bond acceptors (Lipinski definition) is 0. The average molecular weight is 463 g/mol. The van der Waals surface area contributed by atoms with Crippen LogP contribution >= 0.6 is 0 Å². The second kappa shape index (κ2) is 8.18. The summed E-state index contributed by atoms with van der Waals surface area (Å²) in [5.41, 5.74) is 7.88. The van der Waals surface area contributed by atoms with E-state index in [1.165, 1.54) is 16.7 Å². The summed E-state index contributed by atoms with van der Waals surface area (Å²) in [4.78, 5) is 0. The minimum absolute atomic E-state index is 0. The van der Waals surface area contributed by atoms with Crippen LogP contribution < -0.4 is 24.8 Å². The Labute approximate surface area is 181 Å². The molecule has 1 atom stereocenters. The van der Waals surface area contributed by atoms with Gasteiger partial charge in [0.15, 0.2) is 0 Å². The molecule has 0 nitrogen and oxygen atoms in total. The number of halogens is 2. The molecule has 0 aromatic heterocycles. The Kier molecular flexibility index (Phi) is 6.82. The summed E-state index contributed by atoms with van der Waals surface area (Å²) in [5, 5.41) is 0. The van der Waals surface area contributed by atoms with Gasteiger partial charge in [-0.05, 0) is 0 Å². The summed E-state index contributed by atoms with van der Waals surface area (Å²) in [6, 6.07) is 18.1. The number of allylic oxidation sites excluding steroid dienone is 4. The molecule has 2 aliphatic rings. The maximum atomic E-state index is 2.54. The third-order valence-corrected chi connectivity index (χ3v) is 9.77. The van der Waals surface area contributed by atoms with Crippen LogP contribution in [0.2, 0.25) is 0 Å². The van der Waals surface area contributed by atoms with Gasteiger partial charge in [0.25, 0.3) is 0 Å². The molecule has 1 unspecified atom stereocenters. The van der Waals surface area contributed by atoms with Crippen molar-refractivity contribution in [1.82, 2.24) is 0 Å². The summed E-state index contributed by atoms with van der Waals surface area (Å²) in [6.07, 6.45) is 5.04. The number of fused-ring (bicyclic) bond motifs is 3. The van der Waals surface area contributed by atoms with Crippen LogP contribution in [0.4, 0.5) is 0 Å². The zero-order chi connectivity index (χ0) is 16.9. The van der Waals surface area contributed by atoms with E-state index in [-0.39, 0.29) is 30.2 Å². The van der Waals surface area contributed by atoms with Crippen molar-refractivity contribution in [2.75, 3.05) is 0 Å². The van der Waals surface area contributed by atoms with Gasteiger partial charge in [-0.15, -0.1) is 0 Å². The molecule has 0 saturated heterocycles. The van der Waals surface area contributed by atoms with E-state index in [1.807, 2.05) is 0 Å². The molecular weight excluding hydrogens is 438 g/mol. The van der Waals surface area contributed by atoms with Crippen LogP contribution in [0.1, 0.15) is 42.4 Å². The quantitative estimate of drug-likeness (QED) is 0.605. The Morgan fingerprint density at radius 2 is 1.31 bits per heavy atom. The van der Waals surface area contributed by atoms with Gasteiger partial charge < -0.3 is 24.8 Å². The Bertz CT molecular complexity index is 813. The average Bonchev–Trinajstić information content (AvgIpc) is 3.08. The van der Waals surface area contributed by atoms with Gasteiger partial charge in [0.1, 0.15) is 0 Å². The van der Waals surface area contributed by atoms with Gasteiger partial charge in [0.2, 0.25) is 0 Å². The first-order chi connectivity index (χ1) is 11.4. The maximum Gasteiger partial charge on any atom is -1.00 e. The van der Waals surface area contributed by atoms with Gasteiger partial charge in [0, 0.05) is 0 Å². The van der Waals surface area contributed by atoms with Crippen molar-refractivity contribution in [3.8, 4) is 11.1 Å². The van der Waals surface area contributed by atoms with Crippen LogP contribution in [0.3, 0.4) is 0 Å². The fraction of sp³-hybridized carbons (Fsp3) is 0.304. The predicted octanol–water partition coefficient (Wildman–Crippen LogP) is 0.353. The molecule has 0 amide bonds. The molecular formula is C23H24Cl2Zr. The smallest absolute Gasteiger partial charge is 1.00 e. The molecule has 0 N–H and O–H groups in total. The van der Waals surface area contributed by atoms with Gasteiger partial charge >= 0.3 is 158 Å². The van der Waals surface area contributed by atoms with E-state index in [4.69, 9.17) is 0 Å². The van der Waals surface area contributed by atoms with Crippen LogP contribution in [0.25, 0.3) is 11.1 Å². The minimum atomic E-state index is -0.720. The van der Waals surface area contributed by atoms with Crippen molar-refractivity contribution in [3.63, 3.8) is 0 Å². The van der Waals surface area contributed by atoms with Gasteiger partial charge in [-0.1, -0.05) is 0 Å². The van der Waals surface area contributed by atoms with Crippen molar-refractivity contribution in [3.05, 3.63) is 80.7 Å². The largest absolute Gasteiger partial charge is 1.00 e. The fourth-order valence-corrected chi connectivity index (χ4v) is 8.08. The second-order valence-electron chi connectivity index (χ2n) is 8.01. The normalized spacial score (nSPS) is 17.9. The SMILES string of the molecule is CC1C=C(C(C)(C)C)C=[C]1[Zr+2][CH]1c2ccccc2-c2ccccc21.[Cl-].[Cl-]. The Balaban J connectivity index is 0.00000121. The Morgan fingerprint density at radius 3 is 1.77 bits per heavy atom. The summed E-state index contributed by atoms with van der Waals surface area (Å²) < 4.78 is 2.42. The molecule has 134 valence electrons. The van der Waals surface area contributed by atoms with Crippen LogP contribution in [0.5, 0.6) is 0 Å². The first-order valence-corrected chi connectivity index (χ1v) is 11.5. The van der Waals surface area contributed by atoms with Gasteiger partial charge in [-0.3, -0.25) is 0 Å². The summed E-state index contributed by atoms with van der Waals surface area (Å²) >= 11 is -0.720. The van der Waals surface area contributed by atoms with Crippen molar-refractivity contribution in [2.24, 2.45) is 11.3 Å². The molecule has 0 aliphatic heterocycles. The molecule has 0 saturated carbocycles. The number of hydrogen-bond donors (Lipinski definition) is 0. The van der Waals surface area contributed by atoms with E-state index in [9.17, 15) is 0 Å². The maximum absolute atomic E-state index is 2.54. The molecule has 0 spiro atoms. The first kappa shape index (κ1) is 21.7. The molecule has 3 heteroatoms. The number of benzene rings is 2. The molecule has 0 radical (unpaired) electrons. The third kappa shape index (κ3) is 3.82. The molecule has 0 heterocycles. The fourth-order valence-electron chi connectivity index (χ4n) is 3.82. The van der Waals surface area contributed by atoms with Crippen LogP contribution in [-0.2, 0) is 23.2 Å². The van der Waals surface area contributed by atoms with E-state index in [0.29, 0.717) is 9.54 Å². The molecule has 0 bridgehead atoms. The molecule has 2 aromatic carbocycles. The van der Waals surface area contributed by atoms with Crippen molar-refractivity contribution in [1.29, 1.82) is 0 Å². The minimum Gasteiger partial charge on any atom is -1.00 e. The van der Waals surface area contributed by atoms with Crippen molar-refractivity contribution in [2.45, 2.75) is 31.3 Å². The topological polar surface area (TPSA) is 0 Å². The first-order valence-electron chi connectivity index (χ1n) is 8.84. The predicted molar refractivity (Wildman–Crippen MR) is 98.5 cm³/mol. The van der Waals surface area contributed by atoms with E-state index >= 15 is 0 Å². The van der Waals surface area contributed by atoms with Gasteiger partial charge in [0.05, 0.1) is 0 Å². The zero-order valence-electron chi connectivity index (χ0n) is 15.7. The molecule has 2 aliphatic carbocycles. The van der Waals surface area contributed by atoms with Crippen LogP contribution in [0, 0.1) is 11.3 Å². The standard InChI is InChI=1S/C13H9.C10H15.2ClH.Zr/c1-3-7-12-10(5-1)9-11-6-2-4-8-13(11)12;1-8-5-6-9(7-8)10(2,3)4;;;/h1-9H;6-8H,1-4H3;2*1H;/q;;;;+2/p-2. The third-order valence-electron chi connectivity index (χ3n) is 5.24. The molecule has 2 aromatic rings. The second-order valence-corrected chi connectivity index (χ2v) is 11.6. The summed E-state index contributed by atoms with van der Waals surface area (Å²) in [7, 11) is 0. The molecule has 26 heavy (non-hydrogen) atoms. The van der Waals surface area contributed by atoms with E-state index in [0.717, 1.165) is 0 Å². The Hall–Kier alpha value is -0.617. The number of rotatable bonds is 2. The van der Waals surface area contributed by atoms with Crippen LogP contribution in [0.15, 0.2) is 69.5 Å². The van der Waals surface area contributed by atoms with E-state index in [1.54, 1.807) is 14.4 Å². The summed E-state index contributed by atoms with van der Waals surface area (Å²) in [5.74, 6) is 0.630. The zero-order valence-corrected chi connectivity index (χ0v) is 19.7. The summed E-state index contributed by atoms with van der Waals surface area (Å²) in [6.45, 7) is 9.38. The van der Waals surface area contributed by atoms with E-state index < -0.39 is 23.2 Å². The van der Waals surface area contributed by atoms with Gasteiger partial charge in [-0.2, -0.15) is 0 Å². The van der Waals surface area contributed by atoms with Crippen molar-refractivity contribution < 1.29 is 48.0 Å². The monoisotopic (exact) mass is 460 g/mol. The van der Waals surface area contributed by atoms with Gasteiger partial charge in [-0.25, -0.2) is 0 Å². The molecule has 4 rings (SSSR count). The van der Waals surface area contributed by atoms with E-state index in [2.05, 4.69) is 88.4 Å². The van der Waals surface area contributed by atoms with Crippen LogP contribution in [-0.4, -0.2) is 0 Å². The molecule has 0 fully saturated rings. The van der Waals surface area contributed by atoms with Crippen molar-refractivity contribution >= 4 is 0 Å².